The quantitative estimate of drug-likeness (QED) is 0.821. The van der Waals surface area contributed by atoms with Crippen LogP contribution in [0, 0.1) is 0 Å². The number of nitrogen functional groups attached to an aromatic ring is 1. The zero-order chi connectivity index (χ0) is 14.4. The number of hydrogen-bond donors (Lipinski definition) is 2. The van der Waals surface area contributed by atoms with Gasteiger partial charge in [-0.1, -0.05) is 18.2 Å². The first-order valence-electron chi connectivity index (χ1n) is 6.50. The van der Waals surface area contributed by atoms with Crippen molar-refractivity contribution in [1.82, 2.24) is 4.37 Å². The minimum atomic E-state index is 0.441. The lowest BCUT2D eigenvalue weighted by atomic mass is 10.1. The summed E-state index contributed by atoms with van der Waals surface area (Å²) in [6.45, 7) is 3.27. The van der Waals surface area contributed by atoms with Gasteiger partial charge in [-0.05, 0) is 36.5 Å². The molecule has 0 saturated carbocycles. The Kier molecular flexibility index (Phi) is 5.06. The van der Waals surface area contributed by atoms with Gasteiger partial charge in [0.2, 0.25) is 0 Å². The molecule has 0 saturated heterocycles. The summed E-state index contributed by atoms with van der Waals surface area (Å²) in [5.41, 5.74) is 6.94. The van der Waals surface area contributed by atoms with Crippen LogP contribution in [0.5, 0.6) is 11.5 Å². The summed E-state index contributed by atoms with van der Waals surface area (Å²) in [5.74, 6) is 2.00. The summed E-state index contributed by atoms with van der Waals surface area (Å²) < 4.78 is 14.9. The Balaban J connectivity index is 1.96. The molecule has 0 bridgehead atoms. The van der Waals surface area contributed by atoms with Crippen molar-refractivity contribution >= 4 is 22.4 Å². The monoisotopic (exact) mass is 293 g/mol. The number of nitrogens with zero attached hydrogens (tertiary/aromatic N) is 1. The summed E-state index contributed by atoms with van der Waals surface area (Å²) in [7, 11) is 1.68. The summed E-state index contributed by atoms with van der Waals surface area (Å²) in [4.78, 5) is 0. The van der Waals surface area contributed by atoms with Crippen LogP contribution in [0.2, 0.25) is 0 Å². The molecule has 3 N–H and O–H groups in total. The van der Waals surface area contributed by atoms with Gasteiger partial charge in [-0.25, -0.2) is 0 Å². The van der Waals surface area contributed by atoms with Crippen molar-refractivity contribution in [3.05, 3.63) is 29.8 Å². The summed E-state index contributed by atoms with van der Waals surface area (Å²) in [6, 6.07) is 8.00. The Morgan fingerprint density at radius 2 is 2.15 bits per heavy atom. The van der Waals surface area contributed by atoms with Crippen LogP contribution in [0.4, 0.5) is 10.8 Å². The first-order chi connectivity index (χ1) is 9.76. The van der Waals surface area contributed by atoms with Crippen molar-refractivity contribution in [2.24, 2.45) is 0 Å². The van der Waals surface area contributed by atoms with Gasteiger partial charge in [-0.3, -0.25) is 0 Å². The highest BCUT2D eigenvalue weighted by atomic mass is 32.1. The molecule has 0 aliphatic carbocycles. The zero-order valence-corrected chi connectivity index (χ0v) is 12.5. The van der Waals surface area contributed by atoms with Crippen molar-refractivity contribution in [2.75, 3.05) is 31.3 Å². The van der Waals surface area contributed by atoms with E-state index in [0.29, 0.717) is 18.2 Å². The predicted molar refractivity (Wildman–Crippen MR) is 82.9 cm³/mol. The van der Waals surface area contributed by atoms with Crippen LogP contribution in [-0.4, -0.2) is 24.6 Å². The van der Waals surface area contributed by atoms with Gasteiger partial charge in [0.15, 0.2) is 16.6 Å². The lowest BCUT2D eigenvalue weighted by molar-refractivity contribution is 0.344. The SMILES string of the molecule is CCOc1c(N)nsc1NCCc1ccccc1OC. The normalized spacial score (nSPS) is 10.3. The van der Waals surface area contributed by atoms with Crippen molar-refractivity contribution in [3.8, 4) is 11.5 Å². The van der Waals surface area contributed by atoms with E-state index in [1.54, 1.807) is 7.11 Å². The number of ether oxygens (including phenoxy) is 2. The fourth-order valence-corrected chi connectivity index (χ4v) is 2.60. The third-order valence-electron chi connectivity index (χ3n) is 2.84. The number of para-hydroxylation sites is 1. The van der Waals surface area contributed by atoms with E-state index in [4.69, 9.17) is 15.2 Å². The van der Waals surface area contributed by atoms with Gasteiger partial charge in [0, 0.05) is 6.54 Å². The molecule has 2 rings (SSSR count). The number of hydrogen-bond acceptors (Lipinski definition) is 6. The van der Waals surface area contributed by atoms with Crippen LogP contribution in [0.15, 0.2) is 24.3 Å². The molecule has 5 nitrogen and oxygen atoms in total. The highest BCUT2D eigenvalue weighted by Crippen LogP contribution is 2.35. The van der Waals surface area contributed by atoms with E-state index in [1.165, 1.54) is 11.5 Å². The van der Waals surface area contributed by atoms with Crippen LogP contribution < -0.4 is 20.5 Å². The molecule has 0 unspecified atom stereocenters. The third kappa shape index (κ3) is 3.33. The van der Waals surface area contributed by atoms with Gasteiger partial charge in [0.1, 0.15) is 5.75 Å². The number of aromatic nitrogens is 1. The van der Waals surface area contributed by atoms with Crippen LogP contribution in [0.1, 0.15) is 12.5 Å². The highest BCUT2D eigenvalue weighted by Gasteiger charge is 2.12. The lowest BCUT2D eigenvalue weighted by Crippen LogP contribution is -2.06. The molecule has 1 aromatic carbocycles. The largest absolute Gasteiger partial charge is 0.496 e. The fourth-order valence-electron chi connectivity index (χ4n) is 1.91. The molecule has 0 atom stereocenters. The Hall–Kier alpha value is -1.95. The lowest BCUT2D eigenvalue weighted by Gasteiger charge is -2.10. The summed E-state index contributed by atoms with van der Waals surface area (Å²) >= 11 is 1.32. The first kappa shape index (κ1) is 14.5. The van der Waals surface area contributed by atoms with E-state index in [1.807, 2.05) is 25.1 Å². The number of rotatable bonds is 7. The van der Waals surface area contributed by atoms with Crippen molar-refractivity contribution in [3.63, 3.8) is 0 Å². The van der Waals surface area contributed by atoms with E-state index >= 15 is 0 Å². The number of nitrogens with one attached hydrogen (secondary N) is 1. The van der Waals surface area contributed by atoms with Crippen molar-refractivity contribution < 1.29 is 9.47 Å². The van der Waals surface area contributed by atoms with Gasteiger partial charge in [0.05, 0.1) is 13.7 Å². The van der Waals surface area contributed by atoms with Gasteiger partial charge in [-0.15, -0.1) is 0 Å². The molecule has 0 aliphatic heterocycles. The predicted octanol–water partition coefficient (Wildman–Crippen LogP) is 2.79. The van der Waals surface area contributed by atoms with Gasteiger partial charge in [-0.2, -0.15) is 4.37 Å². The molecule has 20 heavy (non-hydrogen) atoms. The molecule has 6 heteroatoms. The summed E-state index contributed by atoms with van der Waals surface area (Å²) in [6.07, 6.45) is 0.855. The number of benzene rings is 1. The molecule has 0 amide bonds. The van der Waals surface area contributed by atoms with Gasteiger partial charge < -0.3 is 20.5 Å². The second kappa shape index (κ2) is 7.00. The second-order valence-corrected chi connectivity index (χ2v) is 4.92. The van der Waals surface area contributed by atoms with Crippen molar-refractivity contribution in [1.29, 1.82) is 0 Å². The Morgan fingerprint density at radius 3 is 2.90 bits per heavy atom. The summed E-state index contributed by atoms with van der Waals surface area (Å²) in [5, 5.41) is 4.19. The molecule has 0 fully saturated rings. The number of anilines is 2. The van der Waals surface area contributed by atoms with Gasteiger partial charge in [0.25, 0.3) is 0 Å². The van der Waals surface area contributed by atoms with Gasteiger partial charge >= 0.3 is 0 Å². The molecule has 0 spiro atoms. The number of methoxy groups -OCH3 is 1. The molecule has 1 aromatic heterocycles. The van der Waals surface area contributed by atoms with E-state index in [2.05, 4.69) is 15.8 Å². The third-order valence-corrected chi connectivity index (χ3v) is 3.64. The highest BCUT2D eigenvalue weighted by molar-refractivity contribution is 7.11. The minimum Gasteiger partial charge on any atom is -0.496 e. The Labute approximate surface area is 122 Å². The average Bonchev–Trinajstić information content (AvgIpc) is 2.81. The van der Waals surface area contributed by atoms with E-state index in [-0.39, 0.29) is 0 Å². The molecular weight excluding hydrogens is 274 g/mol. The molecule has 2 aromatic rings. The fraction of sp³-hybridized carbons (Fsp3) is 0.357. The Bertz CT molecular complexity index is 557. The maximum absolute atomic E-state index is 5.77. The van der Waals surface area contributed by atoms with E-state index in [0.717, 1.165) is 29.3 Å². The smallest absolute Gasteiger partial charge is 0.197 e. The topological polar surface area (TPSA) is 69.4 Å². The molecule has 108 valence electrons. The molecule has 1 heterocycles. The van der Waals surface area contributed by atoms with E-state index in [9.17, 15) is 0 Å². The van der Waals surface area contributed by atoms with E-state index < -0.39 is 0 Å². The molecule has 0 radical (unpaired) electrons. The van der Waals surface area contributed by atoms with Crippen LogP contribution in [-0.2, 0) is 6.42 Å². The maximum atomic E-state index is 5.77. The number of nitrogens with two attached hydrogens (primary N) is 1. The molecular formula is C14H19N3O2S. The van der Waals surface area contributed by atoms with Crippen LogP contribution in [0.3, 0.4) is 0 Å². The maximum Gasteiger partial charge on any atom is 0.197 e. The zero-order valence-electron chi connectivity index (χ0n) is 11.7. The van der Waals surface area contributed by atoms with Crippen LogP contribution >= 0.6 is 11.5 Å². The standard InChI is InChI=1S/C14H19N3O2S/c1-3-19-12-13(15)17-20-14(12)16-9-8-10-6-4-5-7-11(10)18-2/h4-7,16H,3,8-9H2,1-2H3,(H2,15,17). The Morgan fingerprint density at radius 1 is 1.35 bits per heavy atom. The molecule has 0 aliphatic rings. The second-order valence-electron chi connectivity index (χ2n) is 4.15. The average molecular weight is 293 g/mol. The van der Waals surface area contributed by atoms with Crippen LogP contribution in [0.25, 0.3) is 0 Å². The minimum absolute atomic E-state index is 0.441. The first-order valence-corrected chi connectivity index (χ1v) is 7.27. The van der Waals surface area contributed by atoms with Crippen molar-refractivity contribution in [2.45, 2.75) is 13.3 Å².